The Hall–Kier alpha value is -2.86. The number of carbonyl (C=O) groups excluding carboxylic acids is 3. The van der Waals surface area contributed by atoms with Crippen LogP contribution in [0.25, 0.3) is 0 Å². The number of carbonyl (C=O) groups is 3. The second-order valence-corrected chi connectivity index (χ2v) is 6.76. The van der Waals surface area contributed by atoms with Crippen LogP contribution in [0.1, 0.15) is 27.1 Å². The number of rotatable bonds is 4. The SMILES string of the molecule is Cl.O=C(CCN1C(=O)c2ccccc2C1=O)N1CCN(c2ccccc2)CC1. The number of benzene rings is 2. The summed E-state index contributed by atoms with van der Waals surface area (Å²) in [5.74, 6) is -0.631. The van der Waals surface area contributed by atoms with Crippen molar-refractivity contribution in [1.82, 2.24) is 9.80 Å². The van der Waals surface area contributed by atoms with Crippen molar-refractivity contribution in [3.8, 4) is 0 Å². The zero-order chi connectivity index (χ0) is 18.8. The number of anilines is 1. The first kappa shape index (κ1) is 19.9. The minimum Gasteiger partial charge on any atom is -0.368 e. The molecular formula is C21H22ClN3O3. The number of halogens is 1. The van der Waals surface area contributed by atoms with E-state index in [0.717, 1.165) is 18.8 Å². The Bertz CT molecular complexity index is 844. The van der Waals surface area contributed by atoms with Gasteiger partial charge in [0.25, 0.3) is 11.8 Å². The van der Waals surface area contributed by atoms with Gasteiger partial charge < -0.3 is 9.80 Å². The van der Waals surface area contributed by atoms with Crippen molar-refractivity contribution in [1.29, 1.82) is 0 Å². The van der Waals surface area contributed by atoms with E-state index in [1.807, 2.05) is 23.1 Å². The van der Waals surface area contributed by atoms with E-state index >= 15 is 0 Å². The van der Waals surface area contributed by atoms with Crippen LogP contribution < -0.4 is 4.90 Å². The lowest BCUT2D eigenvalue weighted by atomic mass is 10.1. The molecule has 1 saturated heterocycles. The van der Waals surface area contributed by atoms with E-state index in [1.54, 1.807) is 24.3 Å². The van der Waals surface area contributed by atoms with E-state index in [9.17, 15) is 14.4 Å². The fourth-order valence-electron chi connectivity index (χ4n) is 3.66. The first-order valence-electron chi connectivity index (χ1n) is 9.18. The summed E-state index contributed by atoms with van der Waals surface area (Å²) >= 11 is 0. The van der Waals surface area contributed by atoms with Crippen molar-refractivity contribution in [3.05, 3.63) is 65.7 Å². The van der Waals surface area contributed by atoms with Crippen LogP contribution in [0.4, 0.5) is 5.69 Å². The number of piperazine rings is 1. The fourth-order valence-corrected chi connectivity index (χ4v) is 3.66. The van der Waals surface area contributed by atoms with Gasteiger partial charge in [-0.2, -0.15) is 0 Å². The Kier molecular flexibility index (Phi) is 5.99. The summed E-state index contributed by atoms with van der Waals surface area (Å²) in [5.41, 5.74) is 2.01. The highest BCUT2D eigenvalue weighted by Crippen LogP contribution is 2.23. The number of para-hydroxylation sites is 1. The molecule has 2 aromatic carbocycles. The molecule has 0 N–H and O–H groups in total. The monoisotopic (exact) mass is 399 g/mol. The van der Waals surface area contributed by atoms with E-state index in [-0.39, 0.29) is 43.1 Å². The first-order valence-corrected chi connectivity index (χ1v) is 9.18. The van der Waals surface area contributed by atoms with Crippen LogP contribution >= 0.6 is 12.4 Å². The van der Waals surface area contributed by atoms with Crippen LogP contribution in [0.15, 0.2) is 54.6 Å². The molecule has 7 heteroatoms. The molecule has 146 valence electrons. The summed E-state index contributed by atoms with van der Waals surface area (Å²) in [6, 6.07) is 16.9. The topological polar surface area (TPSA) is 60.9 Å². The van der Waals surface area contributed by atoms with E-state index in [1.165, 1.54) is 4.90 Å². The Morgan fingerprint density at radius 2 is 1.32 bits per heavy atom. The van der Waals surface area contributed by atoms with Gasteiger partial charge >= 0.3 is 0 Å². The number of hydrogen-bond acceptors (Lipinski definition) is 4. The maximum atomic E-state index is 12.5. The number of imide groups is 1. The molecule has 28 heavy (non-hydrogen) atoms. The molecule has 0 radical (unpaired) electrons. The van der Waals surface area contributed by atoms with Gasteiger partial charge in [-0.25, -0.2) is 0 Å². The maximum absolute atomic E-state index is 12.5. The van der Waals surface area contributed by atoms with Gasteiger partial charge in [0.05, 0.1) is 11.1 Å². The molecule has 0 spiro atoms. The summed E-state index contributed by atoms with van der Waals surface area (Å²) in [5, 5.41) is 0. The third kappa shape index (κ3) is 3.73. The van der Waals surface area contributed by atoms with Crippen LogP contribution in [0.3, 0.4) is 0 Å². The van der Waals surface area contributed by atoms with Crippen LogP contribution in [-0.2, 0) is 4.79 Å². The van der Waals surface area contributed by atoms with Crippen LogP contribution in [0.2, 0.25) is 0 Å². The molecule has 6 nitrogen and oxygen atoms in total. The highest BCUT2D eigenvalue weighted by molar-refractivity contribution is 6.21. The highest BCUT2D eigenvalue weighted by atomic mass is 35.5. The van der Waals surface area contributed by atoms with E-state index < -0.39 is 0 Å². The fraction of sp³-hybridized carbons (Fsp3) is 0.286. The number of amides is 3. The molecule has 0 atom stereocenters. The average molecular weight is 400 g/mol. The van der Waals surface area contributed by atoms with Gasteiger partial charge in [-0.1, -0.05) is 30.3 Å². The molecule has 2 aromatic rings. The summed E-state index contributed by atoms with van der Waals surface area (Å²) in [4.78, 5) is 42.5. The zero-order valence-corrected chi connectivity index (χ0v) is 16.2. The molecular weight excluding hydrogens is 378 g/mol. The van der Waals surface area contributed by atoms with Gasteiger partial charge in [-0.15, -0.1) is 12.4 Å². The molecule has 4 rings (SSSR count). The third-order valence-corrected chi connectivity index (χ3v) is 5.18. The predicted octanol–water partition coefficient (Wildman–Crippen LogP) is 2.44. The van der Waals surface area contributed by atoms with Gasteiger partial charge in [0, 0.05) is 44.8 Å². The van der Waals surface area contributed by atoms with Crippen LogP contribution in [-0.4, -0.2) is 60.2 Å². The number of hydrogen-bond donors (Lipinski definition) is 0. The summed E-state index contributed by atoms with van der Waals surface area (Å²) < 4.78 is 0. The zero-order valence-electron chi connectivity index (χ0n) is 15.4. The Labute approximate surface area is 170 Å². The lowest BCUT2D eigenvalue weighted by Crippen LogP contribution is -2.49. The molecule has 3 amide bonds. The first-order chi connectivity index (χ1) is 13.1. The van der Waals surface area contributed by atoms with Crippen molar-refractivity contribution in [3.63, 3.8) is 0 Å². The standard InChI is InChI=1S/C21H21N3O3.ClH/c25-19(23-14-12-22(13-15-23)16-6-2-1-3-7-16)10-11-24-20(26)17-8-4-5-9-18(17)21(24)27;/h1-9H,10-15H2;1H. The smallest absolute Gasteiger partial charge is 0.261 e. The van der Waals surface area contributed by atoms with Gasteiger partial charge in [0.15, 0.2) is 0 Å². The van der Waals surface area contributed by atoms with Gasteiger partial charge in [0.2, 0.25) is 5.91 Å². The van der Waals surface area contributed by atoms with Gasteiger partial charge in [0.1, 0.15) is 0 Å². The molecule has 0 bridgehead atoms. The third-order valence-electron chi connectivity index (χ3n) is 5.18. The Balaban J connectivity index is 0.00000225. The minimum atomic E-state index is -0.308. The summed E-state index contributed by atoms with van der Waals surface area (Å²) in [7, 11) is 0. The normalized spacial score (nSPS) is 16.1. The Morgan fingerprint density at radius 3 is 1.89 bits per heavy atom. The average Bonchev–Trinajstić information content (AvgIpc) is 2.97. The second kappa shape index (κ2) is 8.44. The second-order valence-electron chi connectivity index (χ2n) is 6.76. The Morgan fingerprint density at radius 1 is 0.786 bits per heavy atom. The molecule has 0 unspecified atom stereocenters. The molecule has 2 heterocycles. The molecule has 2 aliphatic rings. The molecule has 0 aliphatic carbocycles. The minimum absolute atomic E-state index is 0. The van der Waals surface area contributed by atoms with Gasteiger partial charge in [-0.3, -0.25) is 19.3 Å². The summed E-state index contributed by atoms with van der Waals surface area (Å²) in [6.45, 7) is 2.99. The van der Waals surface area contributed by atoms with E-state index in [2.05, 4.69) is 17.0 Å². The lowest BCUT2D eigenvalue weighted by molar-refractivity contribution is -0.131. The molecule has 0 aromatic heterocycles. The van der Waals surface area contributed by atoms with Crippen molar-refractivity contribution in [2.45, 2.75) is 6.42 Å². The maximum Gasteiger partial charge on any atom is 0.261 e. The quantitative estimate of drug-likeness (QED) is 0.741. The van der Waals surface area contributed by atoms with E-state index in [0.29, 0.717) is 24.2 Å². The van der Waals surface area contributed by atoms with Crippen LogP contribution in [0.5, 0.6) is 0 Å². The van der Waals surface area contributed by atoms with Gasteiger partial charge in [-0.05, 0) is 24.3 Å². The molecule has 2 aliphatic heterocycles. The van der Waals surface area contributed by atoms with Crippen molar-refractivity contribution in [2.75, 3.05) is 37.6 Å². The van der Waals surface area contributed by atoms with Crippen molar-refractivity contribution in [2.24, 2.45) is 0 Å². The van der Waals surface area contributed by atoms with E-state index in [4.69, 9.17) is 0 Å². The summed E-state index contributed by atoms with van der Waals surface area (Å²) in [6.07, 6.45) is 0.163. The van der Waals surface area contributed by atoms with Crippen molar-refractivity contribution >= 4 is 35.8 Å². The lowest BCUT2D eigenvalue weighted by Gasteiger charge is -2.36. The molecule has 1 fully saturated rings. The number of nitrogens with zero attached hydrogens (tertiary/aromatic N) is 3. The predicted molar refractivity (Wildman–Crippen MR) is 109 cm³/mol. The van der Waals surface area contributed by atoms with Crippen LogP contribution in [0, 0.1) is 0 Å². The highest BCUT2D eigenvalue weighted by Gasteiger charge is 2.35. The number of fused-ring (bicyclic) bond motifs is 1. The van der Waals surface area contributed by atoms with Crippen molar-refractivity contribution < 1.29 is 14.4 Å². The molecule has 0 saturated carbocycles. The largest absolute Gasteiger partial charge is 0.368 e.